The number of thiazole rings is 1. The van der Waals surface area contributed by atoms with E-state index in [1.165, 1.54) is 11.3 Å². The molecule has 3 aromatic rings. The molecule has 0 spiro atoms. The van der Waals surface area contributed by atoms with Crippen molar-refractivity contribution in [2.24, 2.45) is 0 Å². The van der Waals surface area contributed by atoms with Crippen LogP contribution in [0.1, 0.15) is 16.1 Å². The third-order valence-electron chi connectivity index (χ3n) is 3.02. The molecule has 0 atom stereocenters. The van der Waals surface area contributed by atoms with Crippen LogP contribution in [0.3, 0.4) is 0 Å². The van der Waals surface area contributed by atoms with E-state index in [1.807, 2.05) is 25.1 Å². The number of nitrogens with one attached hydrogen (secondary N) is 1. The van der Waals surface area contributed by atoms with E-state index >= 15 is 0 Å². The molecule has 0 radical (unpaired) electrons. The van der Waals surface area contributed by atoms with E-state index in [0.717, 1.165) is 11.1 Å². The second-order valence-electron chi connectivity index (χ2n) is 4.37. The van der Waals surface area contributed by atoms with Crippen molar-refractivity contribution in [2.75, 3.05) is 5.32 Å². The zero-order valence-corrected chi connectivity index (χ0v) is 12.7. The van der Waals surface area contributed by atoms with Crippen molar-refractivity contribution in [2.45, 2.75) is 6.92 Å². The van der Waals surface area contributed by atoms with E-state index < -0.39 is 0 Å². The van der Waals surface area contributed by atoms with Gasteiger partial charge in [-0.3, -0.25) is 10.1 Å². The van der Waals surface area contributed by atoms with Crippen molar-refractivity contribution in [1.82, 2.24) is 4.98 Å². The highest BCUT2D eigenvalue weighted by molar-refractivity contribution is 7.13. The van der Waals surface area contributed by atoms with Crippen LogP contribution in [0, 0.1) is 6.92 Å². The molecule has 0 fully saturated rings. The van der Waals surface area contributed by atoms with E-state index in [4.69, 9.17) is 16.0 Å². The summed E-state index contributed by atoms with van der Waals surface area (Å²) in [6, 6.07) is 8.97. The number of aromatic nitrogens is 1. The highest BCUT2D eigenvalue weighted by Crippen LogP contribution is 2.29. The Hall–Kier alpha value is -2.11. The molecule has 4 nitrogen and oxygen atoms in total. The van der Waals surface area contributed by atoms with Gasteiger partial charge in [0.25, 0.3) is 5.91 Å². The number of halogens is 1. The van der Waals surface area contributed by atoms with Gasteiger partial charge in [-0.2, -0.15) is 0 Å². The first-order valence-electron chi connectivity index (χ1n) is 6.21. The van der Waals surface area contributed by atoms with Gasteiger partial charge in [-0.25, -0.2) is 4.98 Å². The zero-order chi connectivity index (χ0) is 14.8. The molecule has 1 N–H and O–H groups in total. The van der Waals surface area contributed by atoms with E-state index in [9.17, 15) is 4.79 Å². The van der Waals surface area contributed by atoms with E-state index in [2.05, 4.69) is 10.3 Å². The summed E-state index contributed by atoms with van der Waals surface area (Å²) in [5.74, 6) is 0.523. The smallest absolute Gasteiger partial charge is 0.293 e. The summed E-state index contributed by atoms with van der Waals surface area (Å²) in [5, 5.41) is 5.67. The van der Waals surface area contributed by atoms with Gasteiger partial charge in [0.2, 0.25) is 0 Å². The SMILES string of the molecule is Cc1c(Cl)cccc1-c1ccc(C(=O)Nc2nccs2)o1. The molecular weight excluding hydrogens is 308 g/mol. The number of benzene rings is 1. The van der Waals surface area contributed by atoms with Crippen LogP contribution >= 0.6 is 22.9 Å². The molecule has 2 aromatic heterocycles. The van der Waals surface area contributed by atoms with E-state index in [1.54, 1.807) is 23.7 Å². The maximum atomic E-state index is 12.0. The molecule has 1 amide bonds. The predicted molar refractivity (Wildman–Crippen MR) is 84.0 cm³/mol. The minimum Gasteiger partial charge on any atom is -0.451 e. The number of nitrogens with zero attached hydrogens (tertiary/aromatic N) is 1. The van der Waals surface area contributed by atoms with Crippen molar-refractivity contribution in [3.8, 4) is 11.3 Å². The molecule has 21 heavy (non-hydrogen) atoms. The van der Waals surface area contributed by atoms with Crippen LogP contribution in [0.5, 0.6) is 0 Å². The number of anilines is 1. The standard InChI is InChI=1S/C15H11ClN2O2S/c1-9-10(3-2-4-11(9)16)12-5-6-13(20-12)14(19)18-15-17-7-8-21-15/h2-8H,1H3,(H,17,18,19). The van der Waals surface area contributed by atoms with Crippen LogP contribution in [0.25, 0.3) is 11.3 Å². The van der Waals surface area contributed by atoms with Crippen molar-refractivity contribution in [1.29, 1.82) is 0 Å². The first kappa shape index (κ1) is 13.9. The minimum atomic E-state index is -0.323. The van der Waals surface area contributed by atoms with Gasteiger partial charge < -0.3 is 4.42 Å². The Morgan fingerprint density at radius 3 is 2.95 bits per heavy atom. The molecule has 106 valence electrons. The maximum Gasteiger partial charge on any atom is 0.293 e. The number of carbonyl (C=O) groups is 1. The van der Waals surface area contributed by atoms with Crippen molar-refractivity contribution in [3.63, 3.8) is 0 Å². The van der Waals surface area contributed by atoms with Crippen molar-refractivity contribution >= 4 is 34.0 Å². The molecule has 0 bridgehead atoms. The van der Waals surface area contributed by atoms with Crippen molar-refractivity contribution in [3.05, 3.63) is 58.3 Å². The Bertz CT molecular complexity index is 781. The van der Waals surface area contributed by atoms with Gasteiger partial charge >= 0.3 is 0 Å². The number of rotatable bonds is 3. The third kappa shape index (κ3) is 2.84. The number of carbonyl (C=O) groups excluding carboxylic acids is 1. The number of hydrogen-bond donors (Lipinski definition) is 1. The Morgan fingerprint density at radius 2 is 2.19 bits per heavy atom. The Labute approximate surface area is 130 Å². The van der Waals surface area contributed by atoms with Gasteiger partial charge in [-0.1, -0.05) is 23.7 Å². The minimum absolute atomic E-state index is 0.236. The lowest BCUT2D eigenvalue weighted by Crippen LogP contribution is -2.10. The van der Waals surface area contributed by atoms with Crippen LogP contribution in [-0.4, -0.2) is 10.9 Å². The van der Waals surface area contributed by atoms with Gasteiger partial charge in [-0.15, -0.1) is 11.3 Å². The van der Waals surface area contributed by atoms with Crippen LogP contribution in [0.2, 0.25) is 5.02 Å². The Balaban J connectivity index is 1.86. The van der Waals surface area contributed by atoms with Gasteiger partial charge in [0, 0.05) is 22.2 Å². The quantitative estimate of drug-likeness (QED) is 0.766. The van der Waals surface area contributed by atoms with E-state index in [0.29, 0.717) is 15.9 Å². The first-order chi connectivity index (χ1) is 10.1. The fraction of sp³-hybridized carbons (Fsp3) is 0.0667. The molecule has 1 aromatic carbocycles. The molecule has 3 rings (SSSR count). The zero-order valence-electron chi connectivity index (χ0n) is 11.1. The van der Waals surface area contributed by atoms with Crippen LogP contribution in [0.4, 0.5) is 5.13 Å². The van der Waals surface area contributed by atoms with Crippen molar-refractivity contribution < 1.29 is 9.21 Å². The summed E-state index contributed by atoms with van der Waals surface area (Å²) in [6.45, 7) is 1.91. The number of furan rings is 1. The molecule has 0 aliphatic rings. The van der Waals surface area contributed by atoms with E-state index in [-0.39, 0.29) is 11.7 Å². The second kappa shape index (κ2) is 5.71. The number of hydrogen-bond acceptors (Lipinski definition) is 4. The molecule has 0 saturated carbocycles. The average molecular weight is 319 g/mol. The van der Waals surface area contributed by atoms with Gasteiger partial charge in [-0.05, 0) is 30.7 Å². The lowest BCUT2D eigenvalue weighted by molar-refractivity contribution is 0.0997. The summed E-state index contributed by atoms with van der Waals surface area (Å²) in [6.07, 6.45) is 1.63. The lowest BCUT2D eigenvalue weighted by atomic mass is 10.1. The first-order valence-corrected chi connectivity index (χ1v) is 7.47. The fourth-order valence-corrected chi connectivity index (χ4v) is 2.62. The summed E-state index contributed by atoms with van der Waals surface area (Å²) < 4.78 is 5.62. The molecule has 6 heteroatoms. The summed E-state index contributed by atoms with van der Waals surface area (Å²) in [5.41, 5.74) is 1.79. The second-order valence-corrected chi connectivity index (χ2v) is 5.67. The number of amides is 1. The highest BCUT2D eigenvalue weighted by atomic mass is 35.5. The topological polar surface area (TPSA) is 55.1 Å². The summed E-state index contributed by atoms with van der Waals surface area (Å²) in [4.78, 5) is 16.0. The molecular formula is C15H11ClN2O2S. The maximum absolute atomic E-state index is 12.0. The third-order valence-corrected chi connectivity index (χ3v) is 4.11. The predicted octanol–water partition coefficient (Wildman–Crippen LogP) is 4.62. The summed E-state index contributed by atoms with van der Waals surface area (Å²) >= 11 is 7.45. The lowest BCUT2D eigenvalue weighted by Gasteiger charge is -2.04. The largest absolute Gasteiger partial charge is 0.451 e. The Morgan fingerprint density at radius 1 is 1.33 bits per heavy atom. The molecule has 0 unspecified atom stereocenters. The van der Waals surface area contributed by atoms with Gasteiger partial charge in [0.1, 0.15) is 5.76 Å². The fourth-order valence-electron chi connectivity index (χ4n) is 1.92. The van der Waals surface area contributed by atoms with Crippen LogP contribution in [0.15, 0.2) is 46.3 Å². The van der Waals surface area contributed by atoms with Crippen LogP contribution in [-0.2, 0) is 0 Å². The molecule has 2 heterocycles. The summed E-state index contributed by atoms with van der Waals surface area (Å²) in [7, 11) is 0. The molecule has 0 saturated heterocycles. The monoisotopic (exact) mass is 318 g/mol. The Kier molecular flexibility index (Phi) is 3.77. The average Bonchev–Trinajstić information content (AvgIpc) is 3.12. The van der Waals surface area contributed by atoms with Crippen LogP contribution < -0.4 is 5.32 Å². The molecule has 0 aliphatic carbocycles. The highest BCUT2D eigenvalue weighted by Gasteiger charge is 2.15. The van der Waals surface area contributed by atoms with Gasteiger partial charge in [0.15, 0.2) is 10.9 Å². The van der Waals surface area contributed by atoms with Gasteiger partial charge in [0.05, 0.1) is 0 Å². The molecule has 0 aliphatic heterocycles. The normalized spacial score (nSPS) is 10.6.